The largest absolute Gasteiger partial charge is 0.506 e. The summed E-state index contributed by atoms with van der Waals surface area (Å²) in [5, 5.41) is 28.6. The lowest BCUT2D eigenvalue weighted by molar-refractivity contribution is 0.102. The van der Waals surface area contributed by atoms with Crippen molar-refractivity contribution in [2.75, 3.05) is 11.9 Å². The van der Waals surface area contributed by atoms with Crippen LogP contribution in [-0.4, -0.2) is 37.8 Å². The Morgan fingerprint density at radius 1 is 0.764 bits per heavy atom. The maximum atomic E-state index is 13.9. The molecule has 0 aliphatic heterocycles. The number of hydrogen-bond donors (Lipinski definition) is 2. The zero-order valence-electron chi connectivity index (χ0n) is 32.1. The van der Waals surface area contributed by atoms with Gasteiger partial charge in [0.1, 0.15) is 23.0 Å². The second-order valence-corrected chi connectivity index (χ2v) is 14.9. The number of anilines is 1. The molecule has 0 saturated heterocycles. The van der Waals surface area contributed by atoms with E-state index in [0.29, 0.717) is 51.2 Å². The number of amides is 1. The monoisotopic (exact) mass is 757 g/mol. The number of phenols is 1. The average molecular weight is 758 g/mol. The Morgan fingerprint density at radius 2 is 1.45 bits per heavy atom. The second-order valence-electron chi connectivity index (χ2n) is 14.0. The quantitative estimate of drug-likeness (QED) is 0.0585. The molecule has 0 aliphatic rings. The number of thioether (sulfide) groups is 1. The maximum Gasteiger partial charge on any atom is 0.259 e. The molecule has 6 aromatic rings. The van der Waals surface area contributed by atoms with Crippen molar-refractivity contribution in [2.24, 2.45) is 0 Å². The number of ether oxygens (including phenoxy) is 2. The highest BCUT2D eigenvalue weighted by Gasteiger charge is 2.20. The zero-order valence-corrected chi connectivity index (χ0v) is 32.9. The fourth-order valence-corrected chi connectivity index (χ4v) is 7.43. The summed E-state index contributed by atoms with van der Waals surface area (Å²) in [4.78, 5) is 13.9. The van der Waals surface area contributed by atoms with Gasteiger partial charge in [0.25, 0.3) is 5.91 Å². The third kappa shape index (κ3) is 10.7. The molecule has 0 aliphatic carbocycles. The first-order chi connectivity index (χ1) is 26.9. The van der Waals surface area contributed by atoms with Crippen molar-refractivity contribution in [3.05, 3.63) is 119 Å². The van der Waals surface area contributed by atoms with E-state index >= 15 is 0 Å². The number of nitrogens with one attached hydrogen (secondary N) is 1. The third-order valence-corrected chi connectivity index (χ3v) is 10.6. The Balaban J connectivity index is 1.11. The van der Waals surface area contributed by atoms with Gasteiger partial charge in [-0.2, -0.15) is 4.68 Å². The molecule has 0 saturated carbocycles. The van der Waals surface area contributed by atoms with Crippen molar-refractivity contribution < 1.29 is 19.4 Å². The molecular weight excluding hydrogens is 707 g/mol. The van der Waals surface area contributed by atoms with Crippen LogP contribution < -0.4 is 14.8 Å². The van der Waals surface area contributed by atoms with E-state index in [4.69, 9.17) is 9.47 Å². The lowest BCUT2D eigenvalue weighted by Gasteiger charge is -2.17. The van der Waals surface area contributed by atoms with Crippen LogP contribution in [0.3, 0.4) is 0 Å². The highest BCUT2D eigenvalue weighted by Crippen LogP contribution is 2.40. The number of carbonyl (C=O) groups excluding carboxylic acids is 1. The van der Waals surface area contributed by atoms with Crippen molar-refractivity contribution in [3.8, 4) is 28.7 Å². The van der Waals surface area contributed by atoms with Gasteiger partial charge in [-0.3, -0.25) is 4.79 Å². The first-order valence-electron chi connectivity index (χ1n) is 19.4. The number of aromatic nitrogens is 4. The number of phenolic OH excluding ortho intramolecular Hbond substituents is 1. The van der Waals surface area contributed by atoms with Gasteiger partial charge in [0.05, 0.1) is 23.5 Å². The summed E-state index contributed by atoms with van der Waals surface area (Å²) < 4.78 is 14.4. The van der Waals surface area contributed by atoms with Crippen molar-refractivity contribution in [2.45, 2.75) is 95.9 Å². The second kappa shape index (κ2) is 19.8. The average Bonchev–Trinajstić information content (AvgIpc) is 3.68. The van der Waals surface area contributed by atoms with Crippen molar-refractivity contribution >= 4 is 34.1 Å². The van der Waals surface area contributed by atoms with Crippen LogP contribution in [0.4, 0.5) is 5.69 Å². The Hall–Kier alpha value is -5.35. The number of carbonyl (C=O) groups is 1. The number of hydrogen-bond acceptors (Lipinski definition) is 8. The van der Waals surface area contributed by atoms with Crippen LogP contribution in [0.5, 0.6) is 23.0 Å². The molecule has 55 heavy (non-hydrogen) atoms. The maximum absolute atomic E-state index is 13.9. The highest BCUT2D eigenvalue weighted by molar-refractivity contribution is 7.98. The van der Waals surface area contributed by atoms with Crippen molar-refractivity contribution in [1.29, 1.82) is 0 Å². The van der Waals surface area contributed by atoms with Crippen LogP contribution in [0.2, 0.25) is 0 Å². The van der Waals surface area contributed by atoms with Gasteiger partial charge in [0.2, 0.25) is 5.16 Å². The summed E-state index contributed by atoms with van der Waals surface area (Å²) >= 11 is 1.55. The number of rotatable bonds is 20. The number of tetrazole rings is 1. The molecule has 0 unspecified atom stereocenters. The molecule has 0 radical (unpaired) electrons. The molecule has 1 aromatic heterocycles. The Morgan fingerprint density at radius 3 is 2.20 bits per heavy atom. The van der Waals surface area contributed by atoms with Crippen LogP contribution in [0.15, 0.2) is 102 Å². The third-order valence-electron chi connectivity index (χ3n) is 9.63. The summed E-state index contributed by atoms with van der Waals surface area (Å²) in [6.07, 6.45) is 12.5. The standard InChI is InChI=1S/C45H51N5O4S/c1-4-5-6-7-8-9-10-11-12-18-27-53-41-25-23-32(2)28-39(41)46-44(52)38-30-42(36-21-16-17-22-37(36)43(38)51)54-40-26-24-34(29-33(40)3)31-55-45-47-48-49-50(45)35-19-14-13-15-20-35/h13-17,19-26,28-30,51H,4-12,18,27,31H2,1-3H3,(H,46,52). The van der Waals surface area contributed by atoms with E-state index < -0.39 is 5.91 Å². The van der Waals surface area contributed by atoms with Crippen LogP contribution in [-0.2, 0) is 5.75 Å². The fourth-order valence-electron chi connectivity index (χ4n) is 6.60. The number of aryl methyl sites for hydroxylation is 2. The topological polar surface area (TPSA) is 111 Å². The number of fused-ring (bicyclic) bond motifs is 1. The molecule has 0 bridgehead atoms. The van der Waals surface area contributed by atoms with Gasteiger partial charge in [-0.1, -0.05) is 137 Å². The minimum Gasteiger partial charge on any atom is -0.506 e. The summed E-state index contributed by atoms with van der Waals surface area (Å²) in [5.41, 5.74) is 4.56. The lowest BCUT2D eigenvalue weighted by Crippen LogP contribution is -2.14. The van der Waals surface area contributed by atoms with Crippen molar-refractivity contribution in [3.63, 3.8) is 0 Å². The molecule has 0 atom stereocenters. The molecule has 0 fully saturated rings. The Kier molecular flexibility index (Phi) is 14.2. The van der Waals surface area contributed by atoms with E-state index in [1.807, 2.05) is 92.7 Å². The normalized spacial score (nSPS) is 11.2. The van der Waals surface area contributed by atoms with Gasteiger partial charge >= 0.3 is 0 Å². The van der Waals surface area contributed by atoms with E-state index in [9.17, 15) is 9.90 Å². The Bertz CT molecular complexity index is 2170. The minimum atomic E-state index is -0.454. The van der Waals surface area contributed by atoms with Crippen LogP contribution >= 0.6 is 11.8 Å². The number of unbranched alkanes of at least 4 members (excludes halogenated alkanes) is 9. The van der Waals surface area contributed by atoms with Crippen LogP contribution in [0, 0.1) is 13.8 Å². The van der Waals surface area contributed by atoms with E-state index in [-0.39, 0.29) is 11.3 Å². The molecule has 1 amide bonds. The highest BCUT2D eigenvalue weighted by atomic mass is 32.2. The van der Waals surface area contributed by atoms with Gasteiger partial charge in [0.15, 0.2) is 0 Å². The molecular formula is C45H51N5O4S. The molecule has 2 N–H and O–H groups in total. The van der Waals surface area contributed by atoms with Crippen molar-refractivity contribution in [1.82, 2.24) is 20.2 Å². The first kappa shape index (κ1) is 39.3. The SMILES string of the molecule is CCCCCCCCCCCCOc1ccc(C)cc1NC(=O)c1cc(Oc2ccc(CSc3nnnn3-c3ccccc3)cc2C)c2ccccc2c1O. The number of benzene rings is 5. The Labute approximate surface area is 328 Å². The fraction of sp³-hybridized carbons (Fsp3) is 0.333. The van der Waals surface area contributed by atoms with E-state index in [0.717, 1.165) is 35.2 Å². The van der Waals surface area contributed by atoms with Crippen LogP contribution in [0.1, 0.15) is 98.2 Å². The molecule has 0 spiro atoms. The summed E-state index contributed by atoms with van der Waals surface area (Å²) in [5.74, 6) is 1.81. The van der Waals surface area contributed by atoms with Gasteiger partial charge in [-0.25, -0.2) is 0 Å². The van der Waals surface area contributed by atoms with Gasteiger partial charge < -0.3 is 19.9 Å². The molecule has 9 nitrogen and oxygen atoms in total. The number of aromatic hydroxyl groups is 1. The number of para-hydroxylation sites is 1. The van der Waals surface area contributed by atoms with E-state index in [1.165, 1.54) is 51.4 Å². The molecule has 1 heterocycles. The first-order valence-corrected chi connectivity index (χ1v) is 20.4. The smallest absolute Gasteiger partial charge is 0.259 e. The zero-order chi connectivity index (χ0) is 38.4. The lowest BCUT2D eigenvalue weighted by atomic mass is 10.0. The van der Waals surface area contributed by atoms with E-state index in [2.05, 4.69) is 33.8 Å². The van der Waals surface area contributed by atoms with E-state index in [1.54, 1.807) is 28.6 Å². The van der Waals surface area contributed by atoms with Gasteiger partial charge in [0, 0.05) is 16.5 Å². The molecule has 6 rings (SSSR count). The summed E-state index contributed by atoms with van der Waals surface area (Å²) in [7, 11) is 0. The molecule has 286 valence electrons. The predicted molar refractivity (Wildman–Crippen MR) is 222 cm³/mol. The molecule has 10 heteroatoms. The molecule has 5 aromatic carbocycles. The summed E-state index contributed by atoms with van der Waals surface area (Å²) in [6.45, 7) is 6.79. The van der Waals surface area contributed by atoms with Gasteiger partial charge in [-0.05, 0) is 83.8 Å². The number of nitrogens with zero attached hydrogens (tertiary/aromatic N) is 4. The minimum absolute atomic E-state index is 0.108. The van der Waals surface area contributed by atoms with Crippen LogP contribution in [0.25, 0.3) is 16.5 Å². The summed E-state index contributed by atoms with van der Waals surface area (Å²) in [6, 6.07) is 30.6. The predicted octanol–water partition coefficient (Wildman–Crippen LogP) is 11.8. The van der Waals surface area contributed by atoms with Gasteiger partial charge in [-0.15, -0.1) is 5.10 Å².